The molecule has 0 radical (unpaired) electrons. The van der Waals surface area contributed by atoms with Crippen molar-refractivity contribution in [2.75, 3.05) is 6.54 Å². The second-order valence-corrected chi connectivity index (χ2v) is 6.73. The molecule has 0 bridgehead atoms. The molecule has 0 aromatic carbocycles. The first-order chi connectivity index (χ1) is 9.39. The Bertz CT molecular complexity index is 467. The van der Waals surface area contributed by atoms with Crippen LogP contribution >= 0.6 is 0 Å². The van der Waals surface area contributed by atoms with Crippen LogP contribution in [-0.2, 0) is 11.3 Å². The molecule has 1 saturated carbocycles. The zero-order valence-electron chi connectivity index (χ0n) is 12.6. The summed E-state index contributed by atoms with van der Waals surface area (Å²) in [6, 6.07) is 0. The summed E-state index contributed by atoms with van der Waals surface area (Å²) < 4.78 is 7.44. The Morgan fingerprint density at radius 3 is 2.95 bits per heavy atom. The van der Waals surface area contributed by atoms with Crippen LogP contribution in [0.15, 0.2) is 12.5 Å². The standard InChI is InChI=1S/C15H25N3O2/c1-11-6-12(8-15(2,3)7-11)20-14(19)13-9-18(5-4-16)10-17-13/h9-12H,4-8,16H2,1-3H3. The lowest BCUT2D eigenvalue weighted by Crippen LogP contribution is -2.34. The van der Waals surface area contributed by atoms with Gasteiger partial charge in [0, 0.05) is 19.3 Å². The molecule has 2 rings (SSSR count). The first-order valence-corrected chi connectivity index (χ1v) is 7.32. The lowest BCUT2D eigenvalue weighted by Gasteiger charge is -2.38. The van der Waals surface area contributed by atoms with Crippen LogP contribution in [0.4, 0.5) is 0 Å². The van der Waals surface area contributed by atoms with Gasteiger partial charge in [0.05, 0.1) is 6.33 Å². The van der Waals surface area contributed by atoms with E-state index in [-0.39, 0.29) is 17.5 Å². The third-order valence-electron chi connectivity index (χ3n) is 3.85. The van der Waals surface area contributed by atoms with Crippen LogP contribution in [0.25, 0.3) is 0 Å². The predicted octanol–water partition coefficient (Wildman–Crippen LogP) is 2.21. The van der Waals surface area contributed by atoms with Gasteiger partial charge in [0.1, 0.15) is 6.10 Å². The van der Waals surface area contributed by atoms with Crippen molar-refractivity contribution in [3.63, 3.8) is 0 Å². The summed E-state index contributed by atoms with van der Waals surface area (Å²) in [7, 11) is 0. The van der Waals surface area contributed by atoms with Crippen LogP contribution < -0.4 is 5.73 Å². The molecule has 1 aromatic rings. The lowest BCUT2D eigenvalue weighted by atomic mass is 9.71. The van der Waals surface area contributed by atoms with Crippen molar-refractivity contribution in [2.45, 2.75) is 52.7 Å². The molecule has 2 unspecified atom stereocenters. The van der Waals surface area contributed by atoms with E-state index >= 15 is 0 Å². The van der Waals surface area contributed by atoms with Gasteiger partial charge in [-0.2, -0.15) is 0 Å². The van der Waals surface area contributed by atoms with Crippen LogP contribution in [0.5, 0.6) is 0 Å². The molecule has 1 aliphatic carbocycles. The number of carbonyl (C=O) groups excluding carboxylic acids is 1. The van der Waals surface area contributed by atoms with E-state index in [0.29, 0.717) is 24.7 Å². The van der Waals surface area contributed by atoms with Crippen LogP contribution in [-0.4, -0.2) is 28.2 Å². The quantitative estimate of drug-likeness (QED) is 0.858. The Morgan fingerprint density at radius 1 is 1.55 bits per heavy atom. The number of imidazole rings is 1. The predicted molar refractivity (Wildman–Crippen MR) is 77.3 cm³/mol. The molecule has 0 aliphatic heterocycles. The number of esters is 1. The summed E-state index contributed by atoms with van der Waals surface area (Å²) in [4.78, 5) is 16.2. The summed E-state index contributed by atoms with van der Waals surface area (Å²) in [5, 5.41) is 0. The average Bonchev–Trinajstić information content (AvgIpc) is 2.75. The Labute approximate surface area is 120 Å². The molecule has 1 aliphatic rings. The van der Waals surface area contributed by atoms with E-state index in [4.69, 9.17) is 10.5 Å². The number of carbonyl (C=O) groups is 1. The Balaban J connectivity index is 1.96. The molecule has 0 spiro atoms. The van der Waals surface area contributed by atoms with Crippen LogP contribution in [0.2, 0.25) is 0 Å². The SMILES string of the molecule is CC1CC(OC(=O)c2cn(CCN)cn2)CC(C)(C)C1. The zero-order chi connectivity index (χ0) is 14.8. The van der Waals surface area contributed by atoms with E-state index in [0.717, 1.165) is 12.8 Å². The van der Waals surface area contributed by atoms with Crippen molar-refractivity contribution in [2.24, 2.45) is 17.1 Å². The fourth-order valence-electron chi connectivity index (χ4n) is 3.30. The molecule has 0 amide bonds. The minimum atomic E-state index is -0.323. The van der Waals surface area contributed by atoms with Gasteiger partial charge in [-0.25, -0.2) is 9.78 Å². The largest absolute Gasteiger partial charge is 0.458 e. The maximum atomic E-state index is 12.1. The molecule has 1 aromatic heterocycles. The molecule has 20 heavy (non-hydrogen) atoms. The van der Waals surface area contributed by atoms with E-state index in [1.807, 2.05) is 4.57 Å². The monoisotopic (exact) mass is 279 g/mol. The number of aromatic nitrogens is 2. The topological polar surface area (TPSA) is 70.1 Å². The van der Waals surface area contributed by atoms with E-state index in [1.54, 1.807) is 12.5 Å². The molecule has 0 saturated heterocycles. The smallest absolute Gasteiger partial charge is 0.358 e. The molecule has 1 fully saturated rings. The highest BCUT2D eigenvalue weighted by atomic mass is 16.5. The molecule has 5 nitrogen and oxygen atoms in total. The van der Waals surface area contributed by atoms with Gasteiger partial charge in [-0.05, 0) is 30.6 Å². The molecule has 1 heterocycles. The lowest BCUT2D eigenvalue weighted by molar-refractivity contribution is -0.00762. The van der Waals surface area contributed by atoms with Crippen LogP contribution in [0, 0.1) is 11.3 Å². The minimum absolute atomic E-state index is 0.000841. The van der Waals surface area contributed by atoms with Crippen molar-refractivity contribution in [1.82, 2.24) is 9.55 Å². The molecule has 5 heteroatoms. The third-order valence-corrected chi connectivity index (χ3v) is 3.85. The number of hydrogen-bond acceptors (Lipinski definition) is 4. The fraction of sp³-hybridized carbons (Fsp3) is 0.733. The van der Waals surface area contributed by atoms with Gasteiger partial charge in [0.25, 0.3) is 0 Å². The molecule has 2 N–H and O–H groups in total. The number of rotatable bonds is 4. The number of hydrogen-bond donors (Lipinski definition) is 1. The van der Waals surface area contributed by atoms with E-state index in [1.165, 1.54) is 6.42 Å². The maximum Gasteiger partial charge on any atom is 0.358 e. The van der Waals surface area contributed by atoms with Gasteiger partial charge in [0.15, 0.2) is 5.69 Å². The Kier molecular flexibility index (Phi) is 4.48. The summed E-state index contributed by atoms with van der Waals surface area (Å²) in [6.07, 6.45) is 6.38. The number of nitrogens with zero attached hydrogens (tertiary/aromatic N) is 2. The zero-order valence-corrected chi connectivity index (χ0v) is 12.6. The molecule has 112 valence electrons. The molecular weight excluding hydrogens is 254 g/mol. The summed E-state index contributed by atoms with van der Waals surface area (Å²) in [5.41, 5.74) is 6.08. The van der Waals surface area contributed by atoms with Crippen molar-refractivity contribution in [1.29, 1.82) is 0 Å². The number of nitrogens with two attached hydrogens (primary N) is 1. The first kappa shape index (κ1) is 15.0. The van der Waals surface area contributed by atoms with Gasteiger partial charge in [-0.1, -0.05) is 20.8 Å². The highest BCUT2D eigenvalue weighted by Gasteiger charge is 2.34. The molecular formula is C15H25N3O2. The number of ether oxygens (including phenoxy) is 1. The second kappa shape index (κ2) is 5.95. The summed E-state index contributed by atoms with van der Waals surface area (Å²) >= 11 is 0. The highest BCUT2D eigenvalue weighted by Crippen LogP contribution is 2.39. The van der Waals surface area contributed by atoms with E-state index < -0.39 is 0 Å². The average molecular weight is 279 g/mol. The van der Waals surface area contributed by atoms with Crippen molar-refractivity contribution in [3.05, 3.63) is 18.2 Å². The third kappa shape index (κ3) is 3.82. The first-order valence-electron chi connectivity index (χ1n) is 7.32. The van der Waals surface area contributed by atoms with Crippen LogP contribution in [0.1, 0.15) is 50.5 Å². The summed E-state index contributed by atoms with van der Waals surface area (Å²) in [5.74, 6) is 0.266. The van der Waals surface area contributed by atoms with Crippen molar-refractivity contribution >= 4 is 5.97 Å². The Morgan fingerprint density at radius 2 is 2.30 bits per heavy atom. The minimum Gasteiger partial charge on any atom is -0.458 e. The van der Waals surface area contributed by atoms with Gasteiger partial charge < -0.3 is 15.0 Å². The van der Waals surface area contributed by atoms with E-state index in [9.17, 15) is 4.79 Å². The van der Waals surface area contributed by atoms with Gasteiger partial charge >= 0.3 is 5.97 Å². The maximum absolute atomic E-state index is 12.1. The second-order valence-electron chi connectivity index (χ2n) is 6.73. The van der Waals surface area contributed by atoms with Crippen LogP contribution in [0.3, 0.4) is 0 Å². The Hall–Kier alpha value is -1.36. The summed E-state index contributed by atoms with van der Waals surface area (Å²) in [6.45, 7) is 7.88. The molecule has 2 atom stereocenters. The van der Waals surface area contributed by atoms with Gasteiger partial charge in [0.2, 0.25) is 0 Å². The van der Waals surface area contributed by atoms with E-state index in [2.05, 4.69) is 25.8 Å². The van der Waals surface area contributed by atoms with Gasteiger partial charge in [-0.15, -0.1) is 0 Å². The highest BCUT2D eigenvalue weighted by molar-refractivity contribution is 5.87. The van der Waals surface area contributed by atoms with Crippen molar-refractivity contribution < 1.29 is 9.53 Å². The van der Waals surface area contributed by atoms with Crippen molar-refractivity contribution in [3.8, 4) is 0 Å². The van der Waals surface area contributed by atoms with Gasteiger partial charge in [-0.3, -0.25) is 0 Å². The fourth-order valence-corrected chi connectivity index (χ4v) is 3.30. The normalized spacial score (nSPS) is 25.4.